The van der Waals surface area contributed by atoms with Crippen molar-refractivity contribution in [2.45, 2.75) is 51.1 Å². The van der Waals surface area contributed by atoms with Crippen molar-refractivity contribution in [2.75, 3.05) is 20.3 Å². The Balaban J connectivity index is 2.10. The number of carbonyl (C=O) groups is 2. The maximum atomic E-state index is 14.9. The van der Waals surface area contributed by atoms with Gasteiger partial charge in [-0.3, -0.25) is 4.90 Å². The highest BCUT2D eigenvalue weighted by atomic mass is 19.1. The molecule has 1 amide bonds. The molecule has 0 N–H and O–H groups in total. The van der Waals surface area contributed by atoms with Gasteiger partial charge in [0.05, 0.1) is 13.2 Å². The molecule has 0 bridgehead atoms. The smallest absolute Gasteiger partial charge is 0.411 e. The average molecular weight is 367 g/mol. The molecule has 0 radical (unpaired) electrons. The molecule has 26 heavy (non-hydrogen) atoms. The molecular formula is C19H26FNO5. The van der Waals surface area contributed by atoms with Gasteiger partial charge in [-0.05, 0) is 26.3 Å². The molecule has 0 spiro atoms. The lowest BCUT2D eigenvalue weighted by molar-refractivity contribution is -0.150. The highest BCUT2D eigenvalue weighted by Gasteiger charge is 2.51. The summed E-state index contributed by atoms with van der Waals surface area (Å²) >= 11 is 0. The van der Waals surface area contributed by atoms with Crippen LogP contribution in [0.3, 0.4) is 0 Å². The first-order valence-electron chi connectivity index (χ1n) is 8.52. The molecule has 1 aliphatic heterocycles. The zero-order valence-corrected chi connectivity index (χ0v) is 15.7. The fourth-order valence-electron chi connectivity index (χ4n) is 2.85. The summed E-state index contributed by atoms with van der Waals surface area (Å²) in [5, 5.41) is 0. The molecule has 0 aromatic heterocycles. The molecule has 0 aliphatic carbocycles. The van der Waals surface area contributed by atoms with Gasteiger partial charge in [-0.2, -0.15) is 0 Å². The predicted octanol–water partition coefficient (Wildman–Crippen LogP) is 3.09. The SMILES string of the molecule is COC[C@@]1(F)C[C@@H](C(=O)OCc2ccccc2)N(C(=O)OC(C)(C)C)C1. The number of benzene rings is 1. The topological polar surface area (TPSA) is 65.1 Å². The van der Waals surface area contributed by atoms with E-state index in [1.807, 2.05) is 30.3 Å². The van der Waals surface area contributed by atoms with Gasteiger partial charge >= 0.3 is 12.1 Å². The van der Waals surface area contributed by atoms with Crippen LogP contribution in [0.1, 0.15) is 32.8 Å². The lowest BCUT2D eigenvalue weighted by Gasteiger charge is -2.27. The van der Waals surface area contributed by atoms with Gasteiger partial charge in [0.1, 0.15) is 18.2 Å². The lowest BCUT2D eigenvalue weighted by Crippen LogP contribution is -2.44. The Morgan fingerprint density at radius 1 is 1.27 bits per heavy atom. The Morgan fingerprint density at radius 2 is 1.92 bits per heavy atom. The summed E-state index contributed by atoms with van der Waals surface area (Å²) in [5.41, 5.74) is -1.76. The molecule has 1 heterocycles. The van der Waals surface area contributed by atoms with Crippen LogP contribution in [-0.4, -0.2) is 54.5 Å². The summed E-state index contributed by atoms with van der Waals surface area (Å²) in [6, 6.07) is 8.10. The first kappa shape index (κ1) is 20.2. The van der Waals surface area contributed by atoms with Crippen molar-refractivity contribution in [3.8, 4) is 0 Å². The lowest BCUT2D eigenvalue weighted by atomic mass is 10.0. The first-order chi connectivity index (χ1) is 12.1. The highest BCUT2D eigenvalue weighted by Crippen LogP contribution is 2.33. The second kappa shape index (κ2) is 8.03. The van der Waals surface area contributed by atoms with Gasteiger partial charge < -0.3 is 14.2 Å². The molecule has 7 heteroatoms. The summed E-state index contributed by atoms with van der Waals surface area (Å²) in [6.07, 6.45) is -0.928. The third-order valence-electron chi connectivity index (χ3n) is 3.92. The highest BCUT2D eigenvalue weighted by molar-refractivity contribution is 5.82. The third kappa shape index (κ3) is 5.42. The summed E-state index contributed by atoms with van der Waals surface area (Å²) < 4.78 is 30.5. The number of methoxy groups -OCH3 is 1. The number of rotatable bonds is 5. The molecule has 1 saturated heterocycles. The third-order valence-corrected chi connectivity index (χ3v) is 3.92. The number of amides is 1. The largest absolute Gasteiger partial charge is 0.459 e. The van der Waals surface area contributed by atoms with Crippen molar-refractivity contribution in [2.24, 2.45) is 0 Å². The number of carbonyl (C=O) groups excluding carboxylic acids is 2. The quantitative estimate of drug-likeness (QED) is 0.748. The van der Waals surface area contributed by atoms with Crippen LogP contribution in [0.2, 0.25) is 0 Å². The van der Waals surface area contributed by atoms with Crippen molar-refractivity contribution >= 4 is 12.1 Å². The molecule has 0 unspecified atom stereocenters. The fourth-order valence-corrected chi connectivity index (χ4v) is 2.85. The van der Waals surface area contributed by atoms with E-state index in [2.05, 4.69) is 0 Å². The van der Waals surface area contributed by atoms with Crippen molar-refractivity contribution in [1.82, 2.24) is 4.90 Å². The van der Waals surface area contributed by atoms with Crippen LogP contribution in [0, 0.1) is 0 Å². The van der Waals surface area contributed by atoms with Crippen LogP contribution in [-0.2, 0) is 25.6 Å². The number of nitrogens with zero attached hydrogens (tertiary/aromatic N) is 1. The summed E-state index contributed by atoms with van der Waals surface area (Å²) in [7, 11) is 1.38. The van der Waals surface area contributed by atoms with Crippen LogP contribution < -0.4 is 0 Å². The van der Waals surface area contributed by atoms with E-state index in [4.69, 9.17) is 14.2 Å². The van der Waals surface area contributed by atoms with Crippen molar-refractivity contribution in [1.29, 1.82) is 0 Å². The van der Waals surface area contributed by atoms with E-state index in [1.165, 1.54) is 7.11 Å². The number of halogens is 1. The number of alkyl halides is 1. The number of ether oxygens (including phenoxy) is 3. The van der Waals surface area contributed by atoms with Gasteiger partial charge in [0, 0.05) is 13.5 Å². The molecule has 6 nitrogen and oxygen atoms in total. The molecule has 1 fully saturated rings. The summed E-state index contributed by atoms with van der Waals surface area (Å²) in [5.74, 6) is -0.657. The van der Waals surface area contributed by atoms with Crippen LogP contribution in [0.25, 0.3) is 0 Å². The summed E-state index contributed by atoms with van der Waals surface area (Å²) in [4.78, 5) is 26.0. The average Bonchev–Trinajstić information content (AvgIpc) is 2.90. The molecular weight excluding hydrogens is 341 g/mol. The monoisotopic (exact) mass is 367 g/mol. The van der Waals surface area contributed by atoms with Crippen LogP contribution in [0.5, 0.6) is 0 Å². The van der Waals surface area contributed by atoms with E-state index in [9.17, 15) is 14.0 Å². The van der Waals surface area contributed by atoms with E-state index < -0.39 is 29.4 Å². The minimum Gasteiger partial charge on any atom is -0.459 e. The van der Waals surface area contributed by atoms with E-state index >= 15 is 0 Å². The molecule has 1 aliphatic rings. The number of esters is 1. The Bertz CT molecular complexity index is 631. The van der Waals surface area contributed by atoms with Gasteiger partial charge in [0.25, 0.3) is 0 Å². The second-order valence-corrected chi connectivity index (χ2v) is 7.51. The maximum absolute atomic E-state index is 14.9. The molecule has 1 aromatic carbocycles. The van der Waals surface area contributed by atoms with Crippen molar-refractivity contribution in [3.05, 3.63) is 35.9 Å². The van der Waals surface area contributed by atoms with E-state index in [0.29, 0.717) is 0 Å². The summed E-state index contributed by atoms with van der Waals surface area (Å²) in [6.45, 7) is 4.70. The minimum atomic E-state index is -1.82. The maximum Gasteiger partial charge on any atom is 0.411 e. The van der Waals surface area contributed by atoms with Crippen molar-refractivity contribution in [3.63, 3.8) is 0 Å². The standard InChI is InChI=1S/C19H26FNO5/c1-18(2,3)26-17(23)21-12-19(20,13-24-4)10-15(21)16(22)25-11-14-8-6-5-7-9-14/h5-9,15H,10-13H2,1-4H3/t15-,19+/m0/s1. The number of hydrogen-bond acceptors (Lipinski definition) is 5. The van der Waals surface area contributed by atoms with Gasteiger partial charge in [-0.1, -0.05) is 30.3 Å². The Labute approximate surface area is 153 Å². The van der Waals surface area contributed by atoms with Gasteiger partial charge in [-0.25, -0.2) is 14.0 Å². The normalized spacial score (nSPS) is 23.0. The Kier molecular flexibility index (Phi) is 6.23. The fraction of sp³-hybridized carbons (Fsp3) is 0.579. The second-order valence-electron chi connectivity index (χ2n) is 7.51. The zero-order valence-electron chi connectivity index (χ0n) is 15.7. The predicted molar refractivity (Wildman–Crippen MR) is 93.3 cm³/mol. The first-order valence-corrected chi connectivity index (χ1v) is 8.52. The van der Waals surface area contributed by atoms with E-state index in [-0.39, 0.29) is 26.2 Å². The van der Waals surface area contributed by atoms with Gasteiger partial charge in [-0.15, -0.1) is 0 Å². The van der Waals surface area contributed by atoms with Crippen molar-refractivity contribution < 1.29 is 28.2 Å². The van der Waals surface area contributed by atoms with E-state index in [1.54, 1.807) is 20.8 Å². The molecule has 2 atom stereocenters. The Hall–Kier alpha value is -2.15. The van der Waals surface area contributed by atoms with Gasteiger partial charge in [0.15, 0.2) is 5.67 Å². The van der Waals surface area contributed by atoms with Gasteiger partial charge in [0.2, 0.25) is 0 Å². The molecule has 0 saturated carbocycles. The Morgan fingerprint density at radius 3 is 2.50 bits per heavy atom. The number of hydrogen-bond donors (Lipinski definition) is 0. The number of likely N-dealkylation sites (tertiary alicyclic amines) is 1. The zero-order chi connectivity index (χ0) is 19.4. The van der Waals surface area contributed by atoms with E-state index in [0.717, 1.165) is 10.5 Å². The van der Waals surface area contributed by atoms with Crippen LogP contribution in [0.4, 0.5) is 9.18 Å². The minimum absolute atomic E-state index is 0.0574. The molecule has 2 rings (SSSR count). The molecule has 1 aromatic rings. The van der Waals surface area contributed by atoms with Crippen LogP contribution in [0.15, 0.2) is 30.3 Å². The van der Waals surface area contributed by atoms with Crippen LogP contribution >= 0.6 is 0 Å². The molecule has 144 valence electrons.